The summed E-state index contributed by atoms with van der Waals surface area (Å²) in [5.41, 5.74) is 1.49. The first-order valence-electron chi connectivity index (χ1n) is 8.16. The molecule has 152 valence electrons. The van der Waals surface area contributed by atoms with Gasteiger partial charge in [-0.05, 0) is 12.1 Å². The second kappa shape index (κ2) is 8.63. The summed E-state index contributed by atoms with van der Waals surface area (Å²) in [6.07, 6.45) is 3.78. The number of hydrogen-bond donors (Lipinski definition) is 5. The third-order valence-electron chi connectivity index (χ3n) is 3.79. The van der Waals surface area contributed by atoms with Crippen LogP contribution in [-0.2, 0) is 41.3 Å². The van der Waals surface area contributed by atoms with E-state index in [0.29, 0.717) is 0 Å². The van der Waals surface area contributed by atoms with Gasteiger partial charge >= 0.3 is 13.8 Å². The van der Waals surface area contributed by atoms with Gasteiger partial charge in [-0.2, -0.15) is 0 Å². The highest BCUT2D eigenvalue weighted by atomic mass is 31.2. The van der Waals surface area contributed by atoms with Crippen LogP contribution < -0.4 is 0 Å². The average Bonchev–Trinajstić information content (AvgIpc) is 3.37. The molecular weight excluding hydrogens is 395 g/mol. The van der Waals surface area contributed by atoms with E-state index in [1.165, 1.54) is 0 Å². The number of rotatable bonds is 10. The Kier molecular flexibility index (Phi) is 6.22. The van der Waals surface area contributed by atoms with E-state index in [0.717, 1.165) is 11.1 Å². The first-order chi connectivity index (χ1) is 13.4. The summed E-state index contributed by atoms with van der Waals surface area (Å²) in [7, 11) is -4.96. The van der Waals surface area contributed by atoms with Crippen LogP contribution in [0.15, 0.2) is 48.4 Å². The third-order valence-corrected chi connectivity index (χ3v) is 4.34. The lowest BCUT2D eigenvalue weighted by atomic mass is 10.2. The highest BCUT2D eigenvalue weighted by Gasteiger charge is 2.45. The molecule has 28 heavy (non-hydrogen) atoms. The highest BCUT2D eigenvalue weighted by Crippen LogP contribution is 2.41. The van der Waals surface area contributed by atoms with Gasteiger partial charge in [0.15, 0.2) is 11.9 Å². The number of aliphatic hydroxyl groups excluding tert-OH is 1. The Balaban J connectivity index is 1.84. The zero-order valence-electron chi connectivity index (χ0n) is 14.5. The number of nitrogens with one attached hydrogen (secondary N) is 2. The fourth-order valence-corrected chi connectivity index (χ4v) is 3.08. The predicted molar refractivity (Wildman–Crippen MR) is 92.1 cm³/mol. The molecule has 2 atom stereocenters. The molecule has 0 bridgehead atoms. The van der Waals surface area contributed by atoms with Crippen LogP contribution in [0.3, 0.4) is 0 Å². The lowest BCUT2D eigenvalue weighted by molar-refractivity contribution is -0.148. The fraction of sp³-hybridized carbons (Fsp3) is 0.312. The van der Waals surface area contributed by atoms with Gasteiger partial charge in [-0.1, -0.05) is 0 Å². The number of H-pyrrole nitrogens is 2. The van der Waals surface area contributed by atoms with Gasteiger partial charge in [0.2, 0.25) is 5.76 Å². The number of cyclic esters (lactones) is 1. The van der Waals surface area contributed by atoms with E-state index < -0.39 is 32.6 Å². The zero-order valence-corrected chi connectivity index (χ0v) is 15.4. The molecule has 0 saturated heterocycles. The van der Waals surface area contributed by atoms with Gasteiger partial charge in [0.25, 0.3) is 0 Å². The second-order valence-corrected chi connectivity index (χ2v) is 7.04. The molecule has 0 amide bonds. The van der Waals surface area contributed by atoms with Crippen LogP contribution in [0.2, 0.25) is 0 Å². The number of phosphoric acid groups is 1. The minimum absolute atomic E-state index is 0.0248. The van der Waals surface area contributed by atoms with E-state index in [1.54, 1.807) is 36.9 Å². The Hall–Kier alpha value is -2.56. The first kappa shape index (κ1) is 20.2. The van der Waals surface area contributed by atoms with Crippen LogP contribution in [0.25, 0.3) is 0 Å². The number of carbonyl (C=O) groups excluding carboxylic acids is 1. The van der Waals surface area contributed by atoms with Crippen molar-refractivity contribution in [1.29, 1.82) is 0 Å². The standard InChI is InChI=1S/C16H19N2O9P/c19-7-12(27-28(21,22)23)13-14(24-8-10-1-3-17-5-10)15(16(20)26-13)25-9-11-2-4-18-6-11/h1-6,12-13,17-19H,7-9H2,(H2,21,22,23). The summed E-state index contributed by atoms with van der Waals surface area (Å²) in [5.74, 6) is -1.26. The van der Waals surface area contributed by atoms with Crippen molar-refractivity contribution in [3.8, 4) is 0 Å². The third kappa shape index (κ3) is 5.03. The molecule has 0 saturated carbocycles. The summed E-state index contributed by atoms with van der Waals surface area (Å²) in [6, 6.07) is 3.48. The quantitative estimate of drug-likeness (QED) is 0.278. The van der Waals surface area contributed by atoms with Gasteiger partial charge in [-0.15, -0.1) is 0 Å². The molecule has 3 rings (SSSR count). The number of ether oxygens (including phenoxy) is 3. The van der Waals surface area contributed by atoms with Crippen LogP contribution in [0.1, 0.15) is 11.1 Å². The normalized spacial score (nSPS) is 18.2. The van der Waals surface area contributed by atoms with Crippen LogP contribution in [-0.4, -0.2) is 49.6 Å². The summed E-state index contributed by atoms with van der Waals surface area (Å²) in [6.45, 7) is -0.775. The predicted octanol–water partition coefficient (Wildman–Crippen LogP) is 0.683. The average molecular weight is 414 g/mol. The number of carbonyl (C=O) groups is 1. The molecule has 11 nitrogen and oxygen atoms in total. The van der Waals surface area contributed by atoms with Gasteiger partial charge < -0.3 is 39.1 Å². The number of aromatic nitrogens is 2. The van der Waals surface area contributed by atoms with Crippen molar-refractivity contribution in [2.75, 3.05) is 6.61 Å². The highest BCUT2D eigenvalue weighted by molar-refractivity contribution is 7.46. The van der Waals surface area contributed by atoms with E-state index in [1.807, 2.05) is 0 Å². The van der Waals surface area contributed by atoms with Crippen molar-refractivity contribution >= 4 is 13.8 Å². The number of aliphatic hydroxyl groups is 1. The van der Waals surface area contributed by atoms with Crippen molar-refractivity contribution in [3.63, 3.8) is 0 Å². The topological polar surface area (TPSA) is 163 Å². The van der Waals surface area contributed by atoms with Gasteiger partial charge in [0.1, 0.15) is 19.3 Å². The summed E-state index contributed by atoms with van der Waals surface area (Å²) < 4.78 is 32.0. The molecule has 5 N–H and O–H groups in total. The largest absolute Gasteiger partial charge is 0.485 e. The molecule has 1 aliphatic heterocycles. The lowest BCUT2D eigenvalue weighted by Crippen LogP contribution is -2.34. The summed E-state index contributed by atoms with van der Waals surface area (Å²) in [5, 5.41) is 9.48. The molecule has 0 aromatic carbocycles. The monoisotopic (exact) mass is 414 g/mol. The maximum absolute atomic E-state index is 12.3. The van der Waals surface area contributed by atoms with E-state index in [2.05, 4.69) is 14.5 Å². The fourth-order valence-electron chi connectivity index (χ4n) is 2.55. The van der Waals surface area contributed by atoms with Gasteiger partial charge in [-0.25, -0.2) is 9.36 Å². The lowest BCUT2D eigenvalue weighted by Gasteiger charge is -2.23. The van der Waals surface area contributed by atoms with E-state index in [-0.39, 0.29) is 24.7 Å². The minimum Gasteiger partial charge on any atom is -0.485 e. The molecule has 0 aliphatic carbocycles. The summed E-state index contributed by atoms with van der Waals surface area (Å²) >= 11 is 0. The Bertz CT molecular complexity index is 857. The first-order valence-corrected chi connectivity index (χ1v) is 9.69. The molecule has 0 fully saturated rings. The van der Waals surface area contributed by atoms with E-state index >= 15 is 0 Å². The number of aromatic amines is 2. The van der Waals surface area contributed by atoms with Crippen molar-refractivity contribution in [2.24, 2.45) is 0 Å². The number of phosphoric ester groups is 1. The molecule has 3 heterocycles. The molecule has 0 spiro atoms. The summed E-state index contributed by atoms with van der Waals surface area (Å²) in [4.78, 5) is 36.1. The Morgan fingerprint density at radius 3 is 2.21 bits per heavy atom. The Morgan fingerprint density at radius 2 is 1.71 bits per heavy atom. The molecule has 0 radical (unpaired) electrons. The van der Waals surface area contributed by atoms with Gasteiger partial charge in [0.05, 0.1) is 6.61 Å². The smallest absolute Gasteiger partial charge is 0.470 e. The zero-order chi connectivity index (χ0) is 20.1. The van der Waals surface area contributed by atoms with Gasteiger partial charge in [0, 0.05) is 35.9 Å². The number of esters is 1. The molecular formula is C16H19N2O9P. The van der Waals surface area contributed by atoms with E-state index in [9.17, 15) is 14.5 Å². The van der Waals surface area contributed by atoms with Crippen LogP contribution in [0, 0.1) is 0 Å². The number of hydrogen-bond acceptors (Lipinski definition) is 7. The van der Waals surface area contributed by atoms with E-state index in [4.69, 9.17) is 24.0 Å². The van der Waals surface area contributed by atoms with Crippen molar-refractivity contribution in [1.82, 2.24) is 9.97 Å². The van der Waals surface area contributed by atoms with Crippen LogP contribution >= 0.6 is 7.82 Å². The molecule has 1 aliphatic rings. The maximum atomic E-state index is 12.3. The Morgan fingerprint density at radius 1 is 1.11 bits per heavy atom. The van der Waals surface area contributed by atoms with Gasteiger partial charge in [-0.3, -0.25) is 4.52 Å². The maximum Gasteiger partial charge on any atom is 0.470 e. The molecule has 2 unspecified atom stereocenters. The second-order valence-electron chi connectivity index (χ2n) is 5.85. The minimum atomic E-state index is -4.96. The van der Waals surface area contributed by atoms with Crippen molar-refractivity contribution in [3.05, 3.63) is 59.6 Å². The molecule has 12 heteroatoms. The molecule has 2 aromatic rings. The Labute approximate surface area is 159 Å². The van der Waals surface area contributed by atoms with Crippen molar-refractivity contribution < 1.29 is 43.0 Å². The SMILES string of the molecule is O=C1OC(C(CO)OP(=O)(O)O)C(OCc2cc[nH]c2)=C1OCc1cc[nH]c1. The van der Waals surface area contributed by atoms with Crippen LogP contribution in [0.5, 0.6) is 0 Å². The van der Waals surface area contributed by atoms with Crippen molar-refractivity contribution in [2.45, 2.75) is 25.4 Å². The molecule has 2 aromatic heterocycles. The van der Waals surface area contributed by atoms with Crippen LogP contribution in [0.4, 0.5) is 0 Å².